The van der Waals surface area contributed by atoms with E-state index >= 15 is 0 Å². The lowest BCUT2D eigenvalue weighted by Gasteiger charge is -2.29. The molecule has 0 spiro atoms. The van der Waals surface area contributed by atoms with Gasteiger partial charge < -0.3 is 5.32 Å². The summed E-state index contributed by atoms with van der Waals surface area (Å²) in [6.45, 7) is 5.19. The van der Waals surface area contributed by atoms with Gasteiger partial charge in [-0.15, -0.1) is 10.2 Å². The summed E-state index contributed by atoms with van der Waals surface area (Å²) in [5.41, 5.74) is 0.798. The minimum atomic E-state index is 0.0530. The maximum Gasteiger partial charge on any atom is 0.234 e. The van der Waals surface area contributed by atoms with Gasteiger partial charge in [-0.05, 0) is 44.0 Å². The van der Waals surface area contributed by atoms with Crippen LogP contribution in [0, 0.1) is 5.92 Å². The monoisotopic (exact) mass is 287 g/mol. The molecule has 6 heteroatoms. The van der Waals surface area contributed by atoms with Crippen molar-refractivity contribution in [3.63, 3.8) is 0 Å². The zero-order chi connectivity index (χ0) is 14.7. The fraction of sp³-hybridized carbons (Fsp3) is 0.533. The first-order valence-corrected chi connectivity index (χ1v) is 7.50. The molecule has 0 bridgehead atoms. The lowest BCUT2D eigenvalue weighted by atomic mass is 9.99. The molecule has 0 radical (unpaired) electrons. The number of piperidine rings is 1. The lowest BCUT2D eigenvalue weighted by molar-refractivity contribution is -0.122. The van der Waals surface area contributed by atoms with Crippen LogP contribution >= 0.6 is 0 Å². The molecule has 0 saturated carbocycles. The smallest absolute Gasteiger partial charge is 0.234 e. The van der Waals surface area contributed by atoms with Crippen LogP contribution in [0.2, 0.25) is 0 Å². The number of rotatable bonds is 4. The van der Waals surface area contributed by atoms with Gasteiger partial charge in [-0.1, -0.05) is 13.0 Å². The quantitative estimate of drug-likeness (QED) is 0.914. The summed E-state index contributed by atoms with van der Waals surface area (Å²) < 4.78 is 1.89. The Hall–Kier alpha value is -1.95. The van der Waals surface area contributed by atoms with Crippen LogP contribution in [0.5, 0.6) is 0 Å². The van der Waals surface area contributed by atoms with Gasteiger partial charge in [0, 0.05) is 6.20 Å². The number of aromatic nitrogens is 3. The molecule has 0 unspecified atom stereocenters. The highest BCUT2D eigenvalue weighted by Gasteiger charge is 2.18. The number of pyridine rings is 1. The van der Waals surface area contributed by atoms with Gasteiger partial charge in [0.15, 0.2) is 11.5 Å². The molecular weight excluding hydrogens is 266 g/mol. The minimum Gasteiger partial charge on any atom is -0.348 e. The van der Waals surface area contributed by atoms with Crippen molar-refractivity contribution in [3.8, 4) is 0 Å². The third-order valence-electron chi connectivity index (χ3n) is 4.07. The third kappa shape index (κ3) is 3.39. The standard InChI is InChI=1S/C15H21N5O/c1-12-5-8-19(9-6-12)11-15(21)16-10-14-18-17-13-4-2-3-7-20(13)14/h2-4,7,12H,5-6,8-11H2,1H3,(H,16,21). The number of nitrogens with one attached hydrogen (secondary N) is 1. The Bertz CT molecular complexity index is 615. The largest absolute Gasteiger partial charge is 0.348 e. The molecule has 1 N–H and O–H groups in total. The molecule has 21 heavy (non-hydrogen) atoms. The number of hydrogen-bond donors (Lipinski definition) is 1. The van der Waals surface area contributed by atoms with Gasteiger partial charge in [0.2, 0.25) is 5.91 Å². The number of carbonyl (C=O) groups excluding carboxylic acids is 1. The molecule has 2 aromatic rings. The molecule has 1 saturated heterocycles. The van der Waals surface area contributed by atoms with Crippen LogP contribution in [-0.4, -0.2) is 45.0 Å². The molecular formula is C15H21N5O. The molecule has 1 aliphatic heterocycles. The zero-order valence-corrected chi connectivity index (χ0v) is 12.3. The zero-order valence-electron chi connectivity index (χ0n) is 12.3. The van der Waals surface area contributed by atoms with Crippen LogP contribution in [0.4, 0.5) is 0 Å². The Balaban J connectivity index is 1.52. The van der Waals surface area contributed by atoms with Gasteiger partial charge in [0.25, 0.3) is 0 Å². The van der Waals surface area contributed by atoms with Crippen LogP contribution in [-0.2, 0) is 11.3 Å². The summed E-state index contributed by atoms with van der Waals surface area (Å²) in [6, 6.07) is 5.74. The molecule has 0 atom stereocenters. The van der Waals surface area contributed by atoms with Crippen molar-refractivity contribution < 1.29 is 4.79 Å². The van der Waals surface area contributed by atoms with E-state index in [1.54, 1.807) is 0 Å². The fourth-order valence-corrected chi connectivity index (χ4v) is 2.67. The third-order valence-corrected chi connectivity index (χ3v) is 4.07. The van der Waals surface area contributed by atoms with E-state index in [-0.39, 0.29) is 5.91 Å². The lowest BCUT2D eigenvalue weighted by Crippen LogP contribution is -2.41. The number of amides is 1. The van der Waals surface area contributed by atoms with Gasteiger partial charge in [-0.25, -0.2) is 0 Å². The number of likely N-dealkylation sites (tertiary alicyclic amines) is 1. The Morgan fingerprint density at radius 2 is 2.14 bits per heavy atom. The molecule has 1 aliphatic rings. The van der Waals surface area contributed by atoms with E-state index in [1.807, 2.05) is 28.8 Å². The summed E-state index contributed by atoms with van der Waals surface area (Å²) in [5, 5.41) is 11.1. The summed E-state index contributed by atoms with van der Waals surface area (Å²) in [4.78, 5) is 14.2. The maximum atomic E-state index is 12.0. The summed E-state index contributed by atoms with van der Waals surface area (Å²) in [7, 11) is 0. The first-order chi connectivity index (χ1) is 10.2. The highest BCUT2D eigenvalue weighted by atomic mass is 16.2. The molecule has 0 aliphatic carbocycles. The average Bonchev–Trinajstić information content (AvgIpc) is 2.91. The highest BCUT2D eigenvalue weighted by molar-refractivity contribution is 5.77. The minimum absolute atomic E-state index is 0.0530. The van der Waals surface area contributed by atoms with E-state index < -0.39 is 0 Å². The van der Waals surface area contributed by atoms with Crippen molar-refractivity contribution in [1.29, 1.82) is 0 Å². The second-order valence-corrected chi connectivity index (χ2v) is 5.78. The molecule has 6 nitrogen and oxygen atoms in total. The Morgan fingerprint density at radius 3 is 2.95 bits per heavy atom. The fourth-order valence-electron chi connectivity index (χ4n) is 2.67. The van der Waals surface area contributed by atoms with Crippen molar-refractivity contribution in [2.45, 2.75) is 26.3 Å². The SMILES string of the molecule is CC1CCN(CC(=O)NCc2nnc3ccccn23)CC1. The summed E-state index contributed by atoms with van der Waals surface area (Å²) in [6.07, 6.45) is 4.27. The van der Waals surface area contributed by atoms with Gasteiger partial charge in [0.1, 0.15) is 0 Å². The van der Waals surface area contributed by atoms with Gasteiger partial charge in [0.05, 0.1) is 13.1 Å². The molecule has 1 fully saturated rings. The second-order valence-electron chi connectivity index (χ2n) is 5.78. The van der Waals surface area contributed by atoms with Crippen LogP contribution in [0.15, 0.2) is 24.4 Å². The van der Waals surface area contributed by atoms with Crippen molar-refractivity contribution in [2.75, 3.05) is 19.6 Å². The van der Waals surface area contributed by atoms with E-state index in [9.17, 15) is 4.79 Å². The van der Waals surface area contributed by atoms with Crippen LogP contribution in [0.25, 0.3) is 5.65 Å². The number of fused-ring (bicyclic) bond motifs is 1. The first-order valence-electron chi connectivity index (χ1n) is 7.50. The average molecular weight is 287 g/mol. The normalized spacial score (nSPS) is 17.2. The number of nitrogens with zero attached hydrogens (tertiary/aromatic N) is 4. The van der Waals surface area contributed by atoms with E-state index in [4.69, 9.17) is 0 Å². The Morgan fingerprint density at radius 1 is 1.33 bits per heavy atom. The van der Waals surface area contributed by atoms with Crippen LogP contribution in [0.1, 0.15) is 25.6 Å². The van der Waals surface area contributed by atoms with Crippen molar-refractivity contribution in [3.05, 3.63) is 30.2 Å². The second kappa shape index (κ2) is 6.22. The van der Waals surface area contributed by atoms with Crippen LogP contribution < -0.4 is 5.32 Å². The first kappa shape index (κ1) is 14.0. The molecule has 2 aromatic heterocycles. The number of carbonyl (C=O) groups is 1. The van der Waals surface area contributed by atoms with E-state index in [2.05, 4.69) is 27.3 Å². The van der Waals surface area contributed by atoms with Crippen molar-refractivity contribution in [2.24, 2.45) is 5.92 Å². The molecule has 3 heterocycles. The van der Waals surface area contributed by atoms with E-state index in [0.717, 1.165) is 30.5 Å². The Labute approximate surface area is 124 Å². The van der Waals surface area contributed by atoms with Crippen molar-refractivity contribution >= 4 is 11.6 Å². The number of hydrogen-bond acceptors (Lipinski definition) is 4. The maximum absolute atomic E-state index is 12.0. The topological polar surface area (TPSA) is 62.5 Å². The summed E-state index contributed by atoms with van der Waals surface area (Å²) in [5.74, 6) is 1.59. The molecule has 3 rings (SSSR count). The molecule has 112 valence electrons. The van der Waals surface area contributed by atoms with Gasteiger partial charge >= 0.3 is 0 Å². The predicted molar refractivity (Wildman–Crippen MR) is 79.7 cm³/mol. The van der Waals surface area contributed by atoms with Crippen LogP contribution in [0.3, 0.4) is 0 Å². The van der Waals surface area contributed by atoms with Gasteiger partial charge in [-0.3, -0.25) is 14.1 Å². The predicted octanol–water partition coefficient (Wildman–Crippen LogP) is 1.08. The molecule has 0 aromatic carbocycles. The summed E-state index contributed by atoms with van der Waals surface area (Å²) >= 11 is 0. The molecule has 1 amide bonds. The Kier molecular flexibility index (Phi) is 4.15. The van der Waals surface area contributed by atoms with Gasteiger partial charge in [-0.2, -0.15) is 0 Å². The highest BCUT2D eigenvalue weighted by Crippen LogP contribution is 2.15. The van der Waals surface area contributed by atoms with Crippen molar-refractivity contribution in [1.82, 2.24) is 24.8 Å². The van der Waals surface area contributed by atoms with E-state index in [0.29, 0.717) is 13.1 Å². The van der Waals surface area contributed by atoms with E-state index in [1.165, 1.54) is 12.8 Å².